The summed E-state index contributed by atoms with van der Waals surface area (Å²) in [4.78, 5) is 21.2. The standard InChI is InChI=1S/C15H19N5O/c1-3-20(4-2)12-7-5-11(6-8-12)19-15-13(9-21)14(16)17-10-18-15/h5-10H,3-4H2,1-2H3,(H3,16,17,18,19). The SMILES string of the molecule is CCN(CC)c1ccc(Nc2ncnc(N)c2C=O)cc1. The molecule has 0 radical (unpaired) electrons. The number of hydrogen-bond acceptors (Lipinski definition) is 6. The number of anilines is 4. The third-order valence-electron chi connectivity index (χ3n) is 3.29. The van der Waals surface area contributed by atoms with Crippen molar-refractivity contribution in [2.75, 3.05) is 29.0 Å². The fourth-order valence-electron chi connectivity index (χ4n) is 2.11. The Labute approximate surface area is 124 Å². The summed E-state index contributed by atoms with van der Waals surface area (Å²) in [6.45, 7) is 6.16. The molecule has 2 aromatic rings. The molecule has 21 heavy (non-hydrogen) atoms. The van der Waals surface area contributed by atoms with Crippen LogP contribution in [0.15, 0.2) is 30.6 Å². The molecule has 0 aliphatic heterocycles. The molecule has 0 amide bonds. The molecule has 3 N–H and O–H groups in total. The van der Waals surface area contributed by atoms with Gasteiger partial charge in [0.15, 0.2) is 6.29 Å². The van der Waals surface area contributed by atoms with Gasteiger partial charge in [0.05, 0.1) is 5.56 Å². The minimum absolute atomic E-state index is 0.169. The molecule has 0 atom stereocenters. The van der Waals surface area contributed by atoms with Crippen LogP contribution in [0.3, 0.4) is 0 Å². The van der Waals surface area contributed by atoms with Crippen molar-refractivity contribution in [1.29, 1.82) is 0 Å². The van der Waals surface area contributed by atoms with Crippen LogP contribution in [0.4, 0.5) is 23.0 Å². The molecule has 2 rings (SSSR count). The van der Waals surface area contributed by atoms with Gasteiger partial charge in [0, 0.05) is 24.5 Å². The molecule has 1 aromatic carbocycles. The van der Waals surface area contributed by atoms with Crippen LogP contribution in [0.1, 0.15) is 24.2 Å². The van der Waals surface area contributed by atoms with Gasteiger partial charge in [-0.3, -0.25) is 4.79 Å². The van der Waals surface area contributed by atoms with E-state index in [0.29, 0.717) is 12.1 Å². The summed E-state index contributed by atoms with van der Waals surface area (Å²) >= 11 is 0. The van der Waals surface area contributed by atoms with Crippen LogP contribution in [0.2, 0.25) is 0 Å². The summed E-state index contributed by atoms with van der Waals surface area (Å²) in [6, 6.07) is 7.95. The summed E-state index contributed by atoms with van der Waals surface area (Å²) in [5, 5.41) is 3.09. The number of benzene rings is 1. The van der Waals surface area contributed by atoms with E-state index in [9.17, 15) is 4.79 Å². The highest BCUT2D eigenvalue weighted by atomic mass is 16.1. The second-order valence-corrected chi connectivity index (χ2v) is 4.48. The van der Waals surface area contributed by atoms with Crippen LogP contribution >= 0.6 is 0 Å². The number of nitrogens with zero attached hydrogens (tertiary/aromatic N) is 3. The van der Waals surface area contributed by atoms with E-state index in [1.165, 1.54) is 6.33 Å². The van der Waals surface area contributed by atoms with Gasteiger partial charge in [0.1, 0.15) is 18.0 Å². The van der Waals surface area contributed by atoms with E-state index in [4.69, 9.17) is 5.73 Å². The summed E-state index contributed by atoms with van der Waals surface area (Å²) in [7, 11) is 0. The van der Waals surface area contributed by atoms with E-state index in [-0.39, 0.29) is 11.4 Å². The topological polar surface area (TPSA) is 84.1 Å². The number of nitrogens with one attached hydrogen (secondary N) is 1. The Morgan fingerprint density at radius 3 is 2.43 bits per heavy atom. The van der Waals surface area contributed by atoms with Crippen molar-refractivity contribution in [1.82, 2.24) is 9.97 Å². The van der Waals surface area contributed by atoms with Crippen LogP contribution in [0.25, 0.3) is 0 Å². The highest BCUT2D eigenvalue weighted by molar-refractivity contribution is 5.89. The van der Waals surface area contributed by atoms with E-state index in [0.717, 1.165) is 24.5 Å². The molecule has 0 unspecified atom stereocenters. The zero-order valence-corrected chi connectivity index (χ0v) is 12.2. The monoisotopic (exact) mass is 285 g/mol. The van der Waals surface area contributed by atoms with Crippen molar-refractivity contribution in [3.05, 3.63) is 36.2 Å². The van der Waals surface area contributed by atoms with Gasteiger partial charge in [-0.05, 0) is 38.1 Å². The summed E-state index contributed by atoms with van der Waals surface area (Å²) in [5.41, 5.74) is 7.92. The molecule has 1 aromatic heterocycles. The number of carbonyl (C=O) groups excluding carboxylic acids is 1. The van der Waals surface area contributed by atoms with Gasteiger partial charge in [-0.15, -0.1) is 0 Å². The zero-order valence-electron chi connectivity index (χ0n) is 12.2. The Bertz CT molecular complexity index is 608. The predicted octanol–water partition coefficient (Wildman–Crippen LogP) is 2.46. The van der Waals surface area contributed by atoms with Gasteiger partial charge in [-0.25, -0.2) is 9.97 Å². The summed E-state index contributed by atoms with van der Waals surface area (Å²) in [5.74, 6) is 0.579. The Balaban J connectivity index is 2.21. The molecule has 0 bridgehead atoms. The first-order chi connectivity index (χ1) is 10.2. The Morgan fingerprint density at radius 1 is 1.19 bits per heavy atom. The van der Waals surface area contributed by atoms with Crippen LogP contribution in [-0.4, -0.2) is 29.3 Å². The third kappa shape index (κ3) is 3.28. The lowest BCUT2D eigenvalue weighted by Crippen LogP contribution is -2.21. The molecule has 0 saturated heterocycles. The van der Waals surface area contributed by atoms with Crippen LogP contribution in [0.5, 0.6) is 0 Å². The fourth-order valence-corrected chi connectivity index (χ4v) is 2.11. The second-order valence-electron chi connectivity index (χ2n) is 4.48. The maximum Gasteiger partial charge on any atom is 0.157 e. The van der Waals surface area contributed by atoms with E-state index in [1.54, 1.807) is 0 Å². The first-order valence-corrected chi connectivity index (χ1v) is 6.87. The molecule has 0 spiro atoms. The van der Waals surface area contributed by atoms with Gasteiger partial charge < -0.3 is 16.0 Å². The normalized spacial score (nSPS) is 10.2. The lowest BCUT2D eigenvalue weighted by atomic mass is 10.2. The molecular weight excluding hydrogens is 266 g/mol. The molecule has 0 aliphatic carbocycles. The minimum Gasteiger partial charge on any atom is -0.383 e. The number of rotatable bonds is 6. The largest absolute Gasteiger partial charge is 0.383 e. The molecule has 0 aliphatic rings. The van der Waals surface area contributed by atoms with Gasteiger partial charge in [-0.1, -0.05) is 0 Å². The van der Waals surface area contributed by atoms with Gasteiger partial charge >= 0.3 is 0 Å². The van der Waals surface area contributed by atoms with Gasteiger partial charge in [0.2, 0.25) is 0 Å². The summed E-state index contributed by atoms with van der Waals surface area (Å²) in [6.07, 6.45) is 1.98. The lowest BCUT2D eigenvalue weighted by molar-refractivity contribution is 0.112. The smallest absolute Gasteiger partial charge is 0.157 e. The van der Waals surface area contributed by atoms with Crippen LogP contribution in [-0.2, 0) is 0 Å². The summed E-state index contributed by atoms with van der Waals surface area (Å²) < 4.78 is 0. The predicted molar refractivity (Wildman–Crippen MR) is 85.1 cm³/mol. The van der Waals surface area contributed by atoms with Crippen molar-refractivity contribution in [2.45, 2.75) is 13.8 Å². The second kappa shape index (κ2) is 6.69. The Morgan fingerprint density at radius 2 is 1.86 bits per heavy atom. The molecule has 0 fully saturated rings. The molecule has 6 heteroatoms. The van der Waals surface area contributed by atoms with E-state index < -0.39 is 0 Å². The van der Waals surface area contributed by atoms with Crippen molar-refractivity contribution >= 4 is 29.3 Å². The highest BCUT2D eigenvalue weighted by Gasteiger charge is 2.08. The number of aromatic nitrogens is 2. The fraction of sp³-hybridized carbons (Fsp3) is 0.267. The maximum absolute atomic E-state index is 11.1. The highest BCUT2D eigenvalue weighted by Crippen LogP contribution is 2.22. The van der Waals surface area contributed by atoms with Crippen molar-refractivity contribution in [3.8, 4) is 0 Å². The molecule has 1 heterocycles. The third-order valence-corrected chi connectivity index (χ3v) is 3.29. The Kier molecular flexibility index (Phi) is 4.71. The average Bonchev–Trinajstić information content (AvgIpc) is 2.50. The number of nitrogen functional groups attached to an aromatic ring is 1. The zero-order chi connectivity index (χ0) is 15.2. The quantitative estimate of drug-likeness (QED) is 0.793. The molecule has 110 valence electrons. The molecule has 6 nitrogen and oxygen atoms in total. The average molecular weight is 285 g/mol. The van der Waals surface area contributed by atoms with Gasteiger partial charge in [0.25, 0.3) is 0 Å². The van der Waals surface area contributed by atoms with Crippen molar-refractivity contribution in [2.24, 2.45) is 0 Å². The van der Waals surface area contributed by atoms with E-state index in [1.807, 2.05) is 24.3 Å². The van der Waals surface area contributed by atoms with E-state index >= 15 is 0 Å². The first-order valence-electron chi connectivity index (χ1n) is 6.87. The number of nitrogens with two attached hydrogens (primary N) is 1. The van der Waals surface area contributed by atoms with Crippen LogP contribution < -0.4 is 16.0 Å². The first kappa shape index (κ1) is 14.8. The minimum atomic E-state index is 0.169. The van der Waals surface area contributed by atoms with Gasteiger partial charge in [-0.2, -0.15) is 0 Å². The van der Waals surface area contributed by atoms with Crippen molar-refractivity contribution < 1.29 is 4.79 Å². The molecular formula is C15H19N5O. The van der Waals surface area contributed by atoms with Crippen LogP contribution in [0, 0.1) is 0 Å². The maximum atomic E-state index is 11.1. The van der Waals surface area contributed by atoms with Crippen molar-refractivity contribution in [3.63, 3.8) is 0 Å². The Hall–Kier alpha value is -2.63. The lowest BCUT2D eigenvalue weighted by Gasteiger charge is -2.21. The van der Waals surface area contributed by atoms with E-state index in [2.05, 4.69) is 34.0 Å². The number of hydrogen-bond donors (Lipinski definition) is 2. The number of aldehydes is 1. The molecule has 0 saturated carbocycles. The number of carbonyl (C=O) groups is 1.